The van der Waals surface area contributed by atoms with Crippen molar-refractivity contribution in [3.8, 4) is 0 Å². The van der Waals surface area contributed by atoms with Gasteiger partial charge in [0.15, 0.2) is 5.78 Å². The van der Waals surface area contributed by atoms with E-state index in [9.17, 15) is 9.59 Å². The first kappa shape index (κ1) is 14.1. The maximum atomic E-state index is 11.5. The van der Waals surface area contributed by atoms with Crippen molar-refractivity contribution in [3.63, 3.8) is 0 Å². The zero-order valence-electron chi connectivity index (χ0n) is 10.9. The highest BCUT2D eigenvalue weighted by atomic mass is 16.5. The zero-order chi connectivity index (χ0) is 13.5. The Morgan fingerprint density at radius 3 is 2.67 bits per heavy atom. The minimum absolute atomic E-state index is 0.0151. The van der Waals surface area contributed by atoms with Crippen LogP contribution in [0.25, 0.3) is 6.08 Å². The van der Waals surface area contributed by atoms with Gasteiger partial charge in [-0.1, -0.05) is 6.07 Å². The van der Waals surface area contributed by atoms with Crippen molar-refractivity contribution in [1.82, 2.24) is 4.98 Å². The molecule has 0 amide bonds. The second kappa shape index (κ2) is 6.69. The maximum Gasteiger partial charge on any atom is 0.310 e. The molecule has 1 heterocycles. The van der Waals surface area contributed by atoms with Crippen LogP contribution in [0.1, 0.15) is 31.7 Å². The predicted molar refractivity (Wildman–Crippen MR) is 68.9 cm³/mol. The lowest BCUT2D eigenvalue weighted by molar-refractivity contribution is -0.142. The molecule has 1 aromatic rings. The van der Waals surface area contributed by atoms with Crippen molar-refractivity contribution >= 4 is 17.8 Å². The Morgan fingerprint density at radius 1 is 1.39 bits per heavy atom. The van der Waals surface area contributed by atoms with Gasteiger partial charge in [0.2, 0.25) is 0 Å². The molecule has 0 spiro atoms. The molecule has 1 rings (SSSR count). The number of carbonyl (C=O) groups excluding carboxylic acids is 2. The average molecular weight is 247 g/mol. The normalized spacial score (nSPS) is 11.2. The maximum absolute atomic E-state index is 11.5. The van der Waals surface area contributed by atoms with Crippen LogP contribution in [0.3, 0.4) is 0 Å². The van der Waals surface area contributed by atoms with E-state index in [1.54, 1.807) is 19.1 Å². The van der Waals surface area contributed by atoms with Crippen LogP contribution in [-0.2, 0) is 14.3 Å². The number of ether oxygens (including phenoxy) is 1. The van der Waals surface area contributed by atoms with Gasteiger partial charge in [0.25, 0.3) is 0 Å². The molecule has 0 N–H and O–H groups in total. The van der Waals surface area contributed by atoms with Gasteiger partial charge in [0.1, 0.15) is 0 Å². The third-order valence-corrected chi connectivity index (χ3v) is 2.32. The summed E-state index contributed by atoms with van der Waals surface area (Å²) in [4.78, 5) is 27.1. The number of pyridine rings is 1. The molecule has 4 heteroatoms. The van der Waals surface area contributed by atoms with E-state index in [4.69, 9.17) is 4.74 Å². The quantitative estimate of drug-likeness (QED) is 0.592. The van der Waals surface area contributed by atoms with E-state index in [0.29, 0.717) is 17.9 Å². The second-order valence-corrected chi connectivity index (χ2v) is 3.91. The number of Topliss-reactive ketones (excluding diaryl/α,β-unsaturated/α-hetero) is 1. The number of hydrogen-bond acceptors (Lipinski definition) is 4. The number of aromatic nitrogens is 1. The number of aryl methyl sites for hydroxylation is 1. The molecule has 4 nitrogen and oxygen atoms in total. The van der Waals surface area contributed by atoms with Crippen LogP contribution >= 0.6 is 0 Å². The first-order chi connectivity index (χ1) is 8.52. The molecule has 0 radical (unpaired) electrons. The number of nitrogens with zero attached hydrogens (tertiary/aromatic N) is 1. The van der Waals surface area contributed by atoms with Gasteiger partial charge in [-0.2, -0.15) is 0 Å². The fourth-order valence-electron chi connectivity index (χ4n) is 1.47. The summed E-state index contributed by atoms with van der Waals surface area (Å²) in [6.45, 7) is 5.35. The van der Waals surface area contributed by atoms with E-state index >= 15 is 0 Å². The van der Waals surface area contributed by atoms with Crippen molar-refractivity contribution in [2.24, 2.45) is 0 Å². The van der Waals surface area contributed by atoms with E-state index in [-0.39, 0.29) is 12.2 Å². The minimum Gasteiger partial charge on any atom is -0.466 e. The SMILES string of the molecule is CCOC(=O)C/C(=C\c1cccc(C)n1)C(C)=O. The fraction of sp³-hybridized carbons (Fsp3) is 0.357. The summed E-state index contributed by atoms with van der Waals surface area (Å²) < 4.78 is 4.83. The Balaban J connectivity index is 2.91. The fourth-order valence-corrected chi connectivity index (χ4v) is 1.47. The van der Waals surface area contributed by atoms with Crippen LogP contribution in [-0.4, -0.2) is 23.3 Å². The Kier molecular flexibility index (Phi) is 5.24. The van der Waals surface area contributed by atoms with Gasteiger partial charge in [0, 0.05) is 11.3 Å². The second-order valence-electron chi connectivity index (χ2n) is 3.91. The number of esters is 1. The summed E-state index contributed by atoms with van der Waals surface area (Å²) in [5, 5.41) is 0. The van der Waals surface area contributed by atoms with E-state index in [2.05, 4.69) is 4.98 Å². The molecule has 0 unspecified atom stereocenters. The molecule has 0 aliphatic carbocycles. The molecule has 0 aromatic carbocycles. The molecule has 0 saturated heterocycles. The summed E-state index contributed by atoms with van der Waals surface area (Å²) in [6.07, 6.45) is 1.62. The van der Waals surface area contributed by atoms with Gasteiger partial charge in [-0.15, -0.1) is 0 Å². The minimum atomic E-state index is -0.397. The summed E-state index contributed by atoms with van der Waals surface area (Å²) >= 11 is 0. The molecule has 0 aliphatic rings. The first-order valence-corrected chi connectivity index (χ1v) is 5.83. The van der Waals surface area contributed by atoms with Crippen molar-refractivity contribution in [1.29, 1.82) is 0 Å². The summed E-state index contributed by atoms with van der Waals surface area (Å²) in [5.74, 6) is -0.544. The molecular weight excluding hydrogens is 230 g/mol. The highest BCUT2D eigenvalue weighted by molar-refractivity contribution is 6.01. The number of ketones is 1. The van der Waals surface area contributed by atoms with E-state index in [1.807, 2.05) is 19.1 Å². The standard InChI is InChI=1S/C14H17NO3/c1-4-18-14(17)9-12(11(3)16)8-13-7-5-6-10(2)15-13/h5-8H,4,9H2,1-3H3/b12-8+. The number of hydrogen-bond donors (Lipinski definition) is 0. The molecule has 0 bridgehead atoms. The molecule has 0 fully saturated rings. The summed E-state index contributed by atoms with van der Waals surface area (Å²) in [7, 11) is 0. The number of carbonyl (C=O) groups is 2. The lowest BCUT2D eigenvalue weighted by Crippen LogP contribution is -2.09. The lowest BCUT2D eigenvalue weighted by atomic mass is 10.1. The lowest BCUT2D eigenvalue weighted by Gasteiger charge is -2.04. The monoisotopic (exact) mass is 247 g/mol. The highest BCUT2D eigenvalue weighted by Gasteiger charge is 2.11. The average Bonchev–Trinajstić information content (AvgIpc) is 2.28. The van der Waals surface area contributed by atoms with Crippen molar-refractivity contribution < 1.29 is 14.3 Å². The van der Waals surface area contributed by atoms with Gasteiger partial charge in [-0.05, 0) is 39.0 Å². The topological polar surface area (TPSA) is 56.3 Å². The smallest absolute Gasteiger partial charge is 0.310 e. The molecular formula is C14H17NO3. The van der Waals surface area contributed by atoms with Gasteiger partial charge >= 0.3 is 5.97 Å². The van der Waals surface area contributed by atoms with Crippen LogP contribution in [0.4, 0.5) is 0 Å². The Labute approximate surface area is 107 Å². The first-order valence-electron chi connectivity index (χ1n) is 5.83. The zero-order valence-corrected chi connectivity index (χ0v) is 10.9. The Hall–Kier alpha value is -1.97. The summed E-state index contributed by atoms with van der Waals surface area (Å²) in [5.41, 5.74) is 1.94. The van der Waals surface area contributed by atoms with Crippen LogP contribution in [0.2, 0.25) is 0 Å². The van der Waals surface area contributed by atoms with Gasteiger partial charge < -0.3 is 4.74 Å². The van der Waals surface area contributed by atoms with Crippen molar-refractivity contribution in [3.05, 3.63) is 35.2 Å². The third-order valence-electron chi connectivity index (χ3n) is 2.32. The molecule has 18 heavy (non-hydrogen) atoms. The Morgan fingerprint density at radius 2 is 2.11 bits per heavy atom. The largest absolute Gasteiger partial charge is 0.466 e. The summed E-state index contributed by atoms with van der Waals surface area (Å²) in [6, 6.07) is 5.52. The van der Waals surface area contributed by atoms with E-state index in [1.165, 1.54) is 6.92 Å². The van der Waals surface area contributed by atoms with Crippen molar-refractivity contribution in [2.75, 3.05) is 6.61 Å². The molecule has 1 aromatic heterocycles. The highest BCUT2D eigenvalue weighted by Crippen LogP contribution is 2.11. The van der Waals surface area contributed by atoms with E-state index < -0.39 is 5.97 Å². The van der Waals surface area contributed by atoms with Gasteiger partial charge in [-0.25, -0.2) is 0 Å². The third kappa shape index (κ3) is 4.49. The Bertz CT molecular complexity index is 478. The van der Waals surface area contributed by atoms with E-state index in [0.717, 1.165) is 5.69 Å². The van der Waals surface area contributed by atoms with Gasteiger partial charge in [-0.3, -0.25) is 14.6 Å². The molecule has 96 valence electrons. The molecule has 0 saturated carbocycles. The van der Waals surface area contributed by atoms with Crippen LogP contribution in [0.15, 0.2) is 23.8 Å². The van der Waals surface area contributed by atoms with Crippen LogP contribution in [0.5, 0.6) is 0 Å². The number of rotatable bonds is 5. The van der Waals surface area contributed by atoms with Crippen molar-refractivity contribution in [2.45, 2.75) is 27.2 Å². The van der Waals surface area contributed by atoms with Crippen LogP contribution in [0, 0.1) is 6.92 Å². The van der Waals surface area contributed by atoms with Gasteiger partial charge in [0.05, 0.1) is 18.7 Å². The molecule has 0 aliphatic heterocycles. The molecule has 0 atom stereocenters. The van der Waals surface area contributed by atoms with Crippen LogP contribution < -0.4 is 0 Å². The predicted octanol–water partition coefficient (Wildman–Crippen LogP) is 2.32.